The van der Waals surface area contributed by atoms with Crippen LogP contribution in [0.4, 0.5) is 0 Å². The monoisotopic (exact) mass is 311 g/mol. The second kappa shape index (κ2) is 6.26. The van der Waals surface area contributed by atoms with E-state index in [9.17, 15) is 19.8 Å². The molecule has 3 N–H and O–H groups in total. The van der Waals surface area contributed by atoms with Crippen molar-refractivity contribution in [3.63, 3.8) is 0 Å². The van der Waals surface area contributed by atoms with Gasteiger partial charge in [0.15, 0.2) is 0 Å². The summed E-state index contributed by atoms with van der Waals surface area (Å²) >= 11 is 6.01. The minimum Gasteiger partial charge on any atom is -0.478 e. The van der Waals surface area contributed by atoms with Crippen molar-refractivity contribution in [2.24, 2.45) is 0 Å². The van der Waals surface area contributed by atoms with E-state index in [2.05, 4.69) is 0 Å². The van der Waals surface area contributed by atoms with E-state index in [1.54, 1.807) is 0 Å². The van der Waals surface area contributed by atoms with Crippen LogP contribution in [0.1, 0.15) is 15.9 Å². The van der Waals surface area contributed by atoms with Gasteiger partial charge in [0.1, 0.15) is 0 Å². The largest absolute Gasteiger partial charge is 0.478 e. The lowest BCUT2D eigenvalue weighted by Crippen LogP contribution is -2.29. The molecule has 2 rings (SSSR count). The van der Waals surface area contributed by atoms with E-state index in [-0.39, 0.29) is 24.0 Å². The molecule has 6 nitrogen and oxygen atoms in total. The highest BCUT2D eigenvalue weighted by Gasteiger charge is 2.32. The van der Waals surface area contributed by atoms with Gasteiger partial charge < -0.3 is 20.2 Å². The summed E-state index contributed by atoms with van der Waals surface area (Å²) < 4.78 is 0. The van der Waals surface area contributed by atoms with Crippen LogP contribution < -0.4 is 0 Å². The van der Waals surface area contributed by atoms with Crippen molar-refractivity contribution in [2.45, 2.75) is 12.2 Å². The van der Waals surface area contributed by atoms with Crippen molar-refractivity contribution in [1.29, 1.82) is 0 Å². The molecule has 1 aliphatic heterocycles. The second-order valence-electron chi connectivity index (χ2n) is 4.75. The number of hydrogen-bond donors (Lipinski definition) is 3. The first-order valence-electron chi connectivity index (χ1n) is 6.24. The molecule has 7 heteroatoms. The summed E-state index contributed by atoms with van der Waals surface area (Å²) in [5, 5.41) is 27.7. The van der Waals surface area contributed by atoms with Crippen LogP contribution in [0.3, 0.4) is 0 Å². The molecule has 0 bridgehead atoms. The second-order valence-corrected chi connectivity index (χ2v) is 5.16. The molecule has 0 spiro atoms. The molecule has 1 heterocycles. The van der Waals surface area contributed by atoms with Gasteiger partial charge in [-0.2, -0.15) is 0 Å². The van der Waals surface area contributed by atoms with E-state index in [1.807, 2.05) is 0 Å². The van der Waals surface area contributed by atoms with E-state index in [1.165, 1.54) is 29.2 Å². The van der Waals surface area contributed by atoms with Crippen molar-refractivity contribution in [1.82, 2.24) is 4.90 Å². The minimum absolute atomic E-state index is 0.0677. The maximum atomic E-state index is 12.2. The molecule has 0 aromatic heterocycles. The van der Waals surface area contributed by atoms with Crippen LogP contribution in [0.5, 0.6) is 0 Å². The molecule has 1 aliphatic rings. The molecular formula is C14H14ClNO5. The molecule has 0 aliphatic carbocycles. The molecule has 2 unspecified atom stereocenters. The Hall–Kier alpha value is -1.89. The summed E-state index contributed by atoms with van der Waals surface area (Å²) in [6.07, 6.45) is 0.405. The maximum absolute atomic E-state index is 12.2. The zero-order valence-corrected chi connectivity index (χ0v) is 11.7. The molecule has 1 saturated heterocycles. The average molecular weight is 312 g/mol. The Labute approximate surface area is 125 Å². The van der Waals surface area contributed by atoms with Crippen molar-refractivity contribution < 1.29 is 24.9 Å². The van der Waals surface area contributed by atoms with Crippen LogP contribution in [-0.2, 0) is 4.79 Å². The van der Waals surface area contributed by atoms with E-state index in [0.717, 1.165) is 6.08 Å². The number of aliphatic hydroxyl groups is 2. The van der Waals surface area contributed by atoms with Crippen LogP contribution in [0.25, 0.3) is 6.08 Å². The third-order valence-electron chi connectivity index (χ3n) is 3.20. The highest BCUT2D eigenvalue weighted by atomic mass is 35.5. The number of carbonyl (C=O) groups is 2. The zero-order chi connectivity index (χ0) is 15.6. The van der Waals surface area contributed by atoms with Gasteiger partial charge >= 0.3 is 5.97 Å². The molecule has 0 radical (unpaired) electrons. The van der Waals surface area contributed by atoms with Crippen LogP contribution >= 0.6 is 11.6 Å². The van der Waals surface area contributed by atoms with Crippen LogP contribution in [0.15, 0.2) is 24.3 Å². The van der Waals surface area contributed by atoms with Crippen LogP contribution in [0, 0.1) is 0 Å². The summed E-state index contributed by atoms with van der Waals surface area (Å²) in [6, 6.07) is 4.49. The number of rotatable bonds is 3. The molecule has 1 aromatic rings. The minimum atomic E-state index is -1.09. The van der Waals surface area contributed by atoms with Gasteiger partial charge in [0.2, 0.25) is 0 Å². The van der Waals surface area contributed by atoms with E-state index < -0.39 is 18.2 Å². The number of aliphatic hydroxyl groups excluding tert-OH is 2. The third-order valence-corrected chi connectivity index (χ3v) is 3.53. The van der Waals surface area contributed by atoms with Gasteiger partial charge in [-0.05, 0) is 23.8 Å². The highest BCUT2D eigenvalue weighted by molar-refractivity contribution is 6.32. The predicted molar refractivity (Wildman–Crippen MR) is 76.0 cm³/mol. The molecule has 1 aromatic carbocycles. The number of amides is 1. The standard InChI is InChI=1S/C14H14ClNO5/c15-10-5-9(2-1-8(10)3-4-13(19)20)14(21)16-6-11(17)12(18)7-16/h1-5,11-12,17-18H,6-7H2,(H,19,20)/b4-3+. The summed E-state index contributed by atoms with van der Waals surface area (Å²) in [4.78, 5) is 24.0. The van der Waals surface area contributed by atoms with Crippen molar-refractivity contribution in [3.05, 3.63) is 40.4 Å². The van der Waals surface area contributed by atoms with Gasteiger partial charge in [0.05, 0.1) is 12.2 Å². The number of hydrogen-bond acceptors (Lipinski definition) is 4. The number of aliphatic carboxylic acids is 1. The normalized spacial score (nSPS) is 22.0. The quantitative estimate of drug-likeness (QED) is 0.711. The molecule has 1 fully saturated rings. The first-order valence-corrected chi connectivity index (χ1v) is 6.62. The lowest BCUT2D eigenvalue weighted by Gasteiger charge is -2.15. The first kappa shape index (κ1) is 15.5. The molecular weight excluding hydrogens is 298 g/mol. The number of benzene rings is 1. The Morgan fingerprint density at radius 3 is 2.38 bits per heavy atom. The van der Waals surface area contributed by atoms with Gasteiger partial charge in [0, 0.05) is 29.8 Å². The number of β-amino-alcohol motifs (C(OH)–C–C–N with tert-alkyl or cyclic N) is 2. The van der Waals surface area contributed by atoms with Gasteiger partial charge in [-0.1, -0.05) is 17.7 Å². The van der Waals surface area contributed by atoms with Gasteiger partial charge in [-0.15, -0.1) is 0 Å². The van der Waals surface area contributed by atoms with Crippen LogP contribution in [0.2, 0.25) is 5.02 Å². The maximum Gasteiger partial charge on any atom is 0.328 e. The lowest BCUT2D eigenvalue weighted by molar-refractivity contribution is -0.131. The fraction of sp³-hybridized carbons (Fsp3) is 0.286. The van der Waals surface area contributed by atoms with Crippen LogP contribution in [-0.4, -0.2) is 57.4 Å². The fourth-order valence-electron chi connectivity index (χ4n) is 2.07. The van der Waals surface area contributed by atoms with E-state index in [4.69, 9.17) is 16.7 Å². The molecule has 1 amide bonds. The van der Waals surface area contributed by atoms with Crippen molar-refractivity contribution >= 4 is 29.6 Å². The summed E-state index contributed by atoms with van der Waals surface area (Å²) in [6.45, 7) is 0.135. The Morgan fingerprint density at radius 2 is 1.86 bits per heavy atom. The smallest absolute Gasteiger partial charge is 0.328 e. The number of nitrogens with zero attached hydrogens (tertiary/aromatic N) is 1. The summed E-state index contributed by atoms with van der Waals surface area (Å²) in [5.74, 6) is -1.44. The number of carboxylic acid groups (broad SMARTS) is 1. The average Bonchev–Trinajstić information content (AvgIpc) is 2.76. The van der Waals surface area contributed by atoms with Gasteiger partial charge in [-0.25, -0.2) is 4.79 Å². The third kappa shape index (κ3) is 3.60. The molecule has 0 saturated carbocycles. The zero-order valence-electron chi connectivity index (χ0n) is 10.9. The van der Waals surface area contributed by atoms with Gasteiger partial charge in [0.25, 0.3) is 5.91 Å². The summed E-state index contributed by atoms with van der Waals surface area (Å²) in [7, 11) is 0. The number of carboxylic acids is 1. The molecule has 112 valence electrons. The van der Waals surface area contributed by atoms with Crippen molar-refractivity contribution in [2.75, 3.05) is 13.1 Å². The first-order chi connectivity index (χ1) is 9.88. The topological polar surface area (TPSA) is 98.1 Å². The van der Waals surface area contributed by atoms with Gasteiger partial charge in [-0.3, -0.25) is 4.79 Å². The highest BCUT2D eigenvalue weighted by Crippen LogP contribution is 2.22. The fourth-order valence-corrected chi connectivity index (χ4v) is 2.32. The van der Waals surface area contributed by atoms with E-state index >= 15 is 0 Å². The van der Waals surface area contributed by atoms with Crippen molar-refractivity contribution in [3.8, 4) is 0 Å². The SMILES string of the molecule is O=C(O)/C=C/c1ccc(C(=O)N2CC(O)C(O)C2)cc1Cl. The summed E-state index contributed by atoms with van der Waals surface area (Å²) in [5.41, 5.74) is 0.797. The number of likely N-dealkylation sites (tertiary alicyclic amines) is 1. The Balaban J connectivity index is 2.16. The molecule has 21 heavy (non-hydrogen) atoms. The number of halogens is 1. The number of carbonyl (C=O) groups excluding carboxylic acids is 1. The molecule has 2 atom stereocenters. The lowest BCUT2D eigenvalue weighted by atomic mass is 10.1. The van der Waals surface area contributed by atoms with E-state index in [0.29, 0.717) is 11.1 Å². The Bertz CT molecular complexity index is 591. The Kier molecular flexibility index (Phi) is 4.62. The predicted octanol–water partition coefficient (Wildman–Crippen LogP) is 0.615. The Morgan fingerprint density at radius 1 is 1.24 bits per heavy atom.